The quantitative estimate of drug-likeness (QED) is 0.833. The van der Waals surface area contributed by atoms with Gasteiger partial charge in [-0.3, -0.25) is 4.79 Å². The Balaban J connectivity index is 2.11. The summed E-state index contributed by atoms with van der Waals surface area (Å²) in [5.41, 5.74) is 3.50. The standard InChI is InChI=1S/C14H16N2O2S2/c1-16(6-7-17)14(18)12-4-2-3-5-13(12)20-9-11-8-19-10-15-11/h2-5,8,10,17H,6-7,9H2,1H3. The van der Waals surface area contributed by atoms with E-state index in [9.17, 15) is 4.79 Å². The van der Waals surface area contributed by atoms with Crippen molar-refractivity contribution in [2.24, 2.45) is 0 Å². The van der Waals surface area contributed by atoms with Gasteiger partial charge in [-0.15, -0.1) is 23.1 Å². The van der Waals surface area contributed by atoms with Crippen LogP contribution in [0.4, 0.5) is 0 Å². The van der Waals surface area contributed by atoms with Crippen LogP contribution in [0.25, 0.3) is 0 Å². The fraction of sp³-hybridized carbons (Fsp3) is 0.286. The number of rotatable bonds is 6. The molecule has 2 aromatic rings. The van der Waals surface area contributed by atoms with Crippen LogP contribution in [0, 0.1) is 0 Å². The number of nitrogens with zero attached hydrogens (tertiary/aromatic N) is 2. The molecule has 6 heteroatoms. The van der Waals surface area contributed by atoms with Crippen molar-refractivity contribution in [2.45, 2.75) is 10.6 Å². The number of hydrogen-bond donors (Lipinski definition) is 1. The van der Waals surface area contributed by atoms with Crippen molar-refractivity contribution < 1.29 is 9.90 Å². The maximum absolute atomic E-state index is 12.3. The largest absolute Gasteiger partial charge is 0.395 e. The maximum atomic E-state index is 12.3. The summed E-state index contributed by atoms with van der Waals surface area (Å²) in [4.78, 5) is 19.0. The highest BCUT2D eigenvalue weighted by molar-refractivity contribution is 7.98. The zero-order valence-electron chi connectivity index (χ0n) is 11.2. The number of aliphatic hydroxyl groups is 1. The van der Waals surface area contributed by atoms with Crippen LogP contribution in [0.3, 0.4) is 0 Å². The monoisotopic (exact) mass is 308 g/mol. The second kappa shape index (κ2) is 7.42. The molecule has 0 saturated heterocycles. The van der Waals surface area contributed by atoms with Gasteiger partial charge in [0.1, 0.15) is 0 Å². The van der Waals surface area contributed by atoms with E-state index in [1.807, 2.05) is 35.2 Å². The summed E-state index contributed by atoms with van der Waals surface area (Å²) in [7, 11) is 1.69. The van der Waals surface area contributed by atoms with Crippen molar-refractivity contribution in [1.29, 1.82) is 0 Å². The zero-order valence-corrected chi connectivity index (χ0v) is 12.8. The van der Waals surface area contributed by atoms with E-state index in [2.05, 4.69) is 4.98 Å². The molecule has 0 saturated carbocycles. The fourth-order valence-corrected chi connectivity index (χ4v) is 3.30. The summed E-state index contributed by atoms with van der Waals surface area (Å²) in [6.07, 6.45) is 0. The lowest BCUT2D eigenvalue weighted by Crippen LogP contribution is -2.29. The highest BCUT2D eigenvalue weighted by Gasteiger charge is 2.15. The van der Waals surface area contributed by atoms with Gasteiger partial charge < -0.3 is 10.0 Å². The number of aliphatic hydroxyl groups excluding tert-OH is 1. The van der Waals surface area contributed by atoms with Gasteiger partial charge in [0, 0.05) is 29.6 Å². The van der Waals surface area contributed by atoms with Gasteiger partial charge in [0.2, 0.25) is 0 Å². The first-order chi connectivity index (χ1) is 9.72. The van der Waals surface area contributed by atoms with Crippen molar-refractivity contribution in [2.75, 3.05) is 20.2 Å². The molecular weight excluding hydrogens is 292 g/mol. The van der Waals surface area contributed by atoms with Gasteiger partial charge in [-0.25, -0.2) is 4.98 Å². The third-order valence-corrected chi connectivity index (χ3v) is 4.50. The van der Waals surface area contributed by atoms with E-state index >= 15 is 0 Å². The van der Waals surface area contributed by atoms with Gasteiger partial charge in [-0.05, 0) is 12.1 Å². The first-order valence-electron chi connectivity index (χ1n) is 6.17. The summed E-state index contributed by atoms with van der Waals surface area (Å²) in [5.74, 6) is 0.678. The van der Waals surface area contributed by atoms with E-state index in [1.54, 1.807) is 30.1 Å². The van der Waals surface area contributed by atoms with Gasteiger partial charge in [-0.1, -0.05) is 12.1 Å². The van der Waals surface area contributed by atoms with Crippen LogP contribution in [0.1, 0.15) is 16.1 Å². The molecule has 0 radical (unpaired) electrons. The van der Waals surface area contributed by atoms with Crippen molar-refractivity contribution >= 4 is 29.0 Å². The lowest BCUT2D eigenvalue weighted by atomic mass is 10.2. The predicted molar refractivity (Wildman–Crippen MR) is 82.2 cm³/mol. The molecule has 4 nitrogen and oxygen atoms in total. The summed E-state index contributed by atoms with van der Waals surface area (Å²) >= 11 is 3.17. The van der Waals surface area contributed by atoms with Crippen LogP contribution in [0.2, 0.25) is 0 Å². The molecule has 0 atom stereocenters. The molecule has 1 amide bonds. The van der Waals surface area contributed by atoms with Crippen LogP contribution >= 0.6 is 23.1 Å². The summed E-state index contributed by atoms with van der Waals surface area (Å²) in [6.45, 7) is 0.306. The molecule has 106 valence electrons. The van der Waals surface area contributed by atoms with Gasteiger partial charge in [0.05, 0.1) is 23.4 Å². The van der Waals surface area contributed by atoms with Crippen LogP contribution in [0.5, 0.6) is 0 Å². The molecule has 2 rings (SSSR count). The first kappa shape index (κ1) is 15.0. The van der Waals surface area contributed by atoms with E-state index in [-0.39, 0.29) is 12.5 Å². The Hall–Kier alpha value is -1.37. The number of likely N-dealkylation sites (N-methyl/N-ethyl adjacent to an activating group) is 1. The number of thioether (sulfide) groups is 1. The van der Waals surface area contributed by atoms with Crippen LogP contribution in [0.15, 0.2) is 40.1 Å². The molecule has 0 unspecified atom stereocenters. The SMILES string of the molecule is CN(CCO)C(=O)c1ccccc1SCc1cscn1. The smallest absolute Gasteiger partial charge is 0.254 e. The Morgan fingerprint density at radius 3 is 2.95 bits per heavy atom. The molecule has 1 N–H and O–H groups in total. The van der Waals surface area contributed by atoms with Crippen molar-refractivity contribution in [3.63, 3.8) is 0 Å². The molecule has 0 aliphatic rings. The molecular formula is C14H16N2O2S2. The number of amides is 1. The molecule has 0 aliphatic carbocycles. The van der Waals surface area contributed by atoms with Gasteiger partial charge >= 0.3 is 0 Å². The number of carbonyl (C=O) groups is 1. The Kier molecular flexibility index (Phi) is 5.58. The third kappa shape index (κ3) is 3.82. The number of aromatic nitrogens is 1. The van der Waals surface area contributed by atoms with Crippen LogP contribution in [-0.2, 0) is 5.75 Å². The lowest BCUT2D eigenvalue weighted by molar-refractivity contribution is 0.0763. The average Bonchev–Trinajstić information content (AvgIpc) is 2.98. The van der Waals surface area contributed by atoms with Gasteiger partial charge in [0.15, 0.2) is 0 Å². The van der Waals surface area contributed by atoms with Gasteiger partial charge in [0.25, 0.3) is 5.91 Å². The Morgan fingerprint density at radius 2 is 2.25 bits per heavy atom. The van der Waals surface area contributed by atoms with E-state index in [0.717, 1.165) is 16.3 Å². The third-order valence-electron chi connectivity index (χ3n) is 2.76. The number of hydrogen-bond acceptors (Lipinski definition) is 5. The first-order valence-corrected chi connectivity index (χ1v) is 8.10. The summed E-state index contributed by atoms with van der Waals surface area (Å²) in [5, 5.41) is 10.9. The Morgan fingerprint density at radius 1 is 1.45 bits per heavy atom. The minimum absolute atomic E-state index is 0.0314. The molecule has 1 aromatic heterocycles. The molecule has 1 heterocycles. The average molecular weight is 308 g/mol. The fourth-order valence-electron chi connectivity index (χ4n) is 1.69. The lowest BCUT2D eigenvalue weighted by Gasteiger charge is -2.17. The maximum Gasteiger partial charge on any atom is 0.254 e. The summed E-state index contributed by atoms with van der Waals surface area (Å²) in [6, 6.07) is 7.54. The second-order valence-electron chi connectivity index (χ2n) is 4.21. The minimum atomic E-state index is -0.0690. The van der Waals surface area contributed by atoms with E-state index in [4.69, 9.17) is 5.11 Å². The van der Waals surface area contributed by atoms with E-state index in [0.29, 0.717) is 12.1 Å². The van der Waals surface area contributed by atoms with Crippen LogP contribution < -0.4 is 0 Å². The number of thiazole rings is 1. The second-order valence-corrected chi connectivity index (χ2v) is 5.95. The predicted octanol–water partition coefficient (Wildman–Crippen LogP) is 2.50. The van der Waals surface area contributed by atoms with Crippen molar-refractivity contribution in [1.82, 2.24) is 9.88 Å². The molecule has 0 spiro atoms. The minimum Gasteiger partial charge on any atom is -0.395 e. The zero-order chi connectivity index (χ0) is 14.4. The van der Waals surface area contributed by atoms with Crippen molar-refractivity contribution in [3.05, 3.63) is 46.4 Å². The normalized spacial score (nSPS) is 10.5. The molecule has 0 fully saturated rings. The van der Waals surface area contributed by atoms with Crippen molar-refractivity contribution in [3.8, 4) is 0 Å². The van der Waals surface area contributed by atoms with E-state index < -0.39 is 0 Å². The number of carbonyl (C=O) groups excluding carboxylic acids is 1. The Labute approximate surface area is 126 Å². The highest BCUT2D eigenvalue weighted by Crippen LogP contribution is 2.26. The molecule has 0 bridgehead atoms. The number of benzene rings is 1. The van der Waals surface area contributed by atoms with Crippen LogP contribution in [-0.4, -0.2) is 41.1 Å². The van der Waals surface area contributed by atoms with E-state index in [1.165, 1.54) is 4.90 Å². The van der Waals surface area contributed by atoms with Gasteiger partial charge in [-0.2, -0.15) is 0 Å². The topological polar surface area (TPSA) is 53.4 Å². The Bertz CT molecular complexity index is 558. The highest BCUT2D eigenvalue weighted by atomic mass is 32.2. The molecule has 20 heavy (non-hydrogen) atoms. The molecule has 0 aliphatic heterocycles. The molecule has 1 aromatic carbocycles. The summed E-state index contributed by atoms with van der Waals surface area (Å²) < 4.78 is 0.